The third-order valence-corrected chi connectivity index (χ3v) is 4.51. The lowest BCUT2D eigenvalue weighted by Gasteiger charge is -2.40. The predicted molar refractivity (Wildman–Crippen MR) is 79.0 cm³/mol. The fraction of sp³-hybridized carbons (Fsp3) is 0.800. The van der Waals surface area contributed by atoms with Crippen molar-refractivity contribution < 1.29 is 0 Å². The Balaban J connectivity index is 1.99. The van der Waals surface area contributed by atoms with Gasteiger partial charge in [0.2, 0.25) is 0 Å². The molecule has 1 heterocycles. The molecule has 4 nitrogen and oxygen atoms in total. The first-order chi connectivity index (χ1) is 9.20. The maximum atomic E-state index is 6.11. The number of nitrogens with zero attached hydrogens (tertiary/aromatic N) is 3. The van der Waals surface area contributed by atoms with Crippen LogP contribution in [0.5, 0.6) is 0 Å². The molecule has 0 saturated heterocycles. The maximum Gasteiger partial charge on any atom is 0.0522 e. The van der Waals surface area contributed by atoms with Crippen molar-refractivity contribution in [3.05, 3.63) is 18.0 Å². The largest absolute Gasteiger partial charge is 0.329 e. The summed E-state index contributed by atoms with van der Waals surface area (Å²) in [4.78, 5) is 2.65. The highest BCUT2D eigenvalue weighted by Gasteiger charge is 2.37. The van der Waals surface area contributed by atoms with Crippen molar-refractivity contribution in [1.82, 2.24) is 14.7 Å². The number of nitrogens with two attached hydrogens (primary N) is 1. The van der Waals surface area contributed by atoms with Crippen molar-refractivity contribution in [2.45, 2.75) is 51.0 Å². The van der Waals surface area contributed by atoms with E-state index in [1.165, 1.54) is 37.7 Å². The summed E-state index contributed by atoms with van der Waals surface area (Å²) in [6.45, 7) is 5.34. The molecule has 1 aromatic heterocycles. The zero-order valence-electron chi connectivity index (χ0n) is 12.4. The lowest BCUT2D eigenvalue weighted by molar-refractivity contribution is 0.100. The molecular formula is C15H28N4. The molecule has 0 atom stereocenters. The standard InChI is InChI=1S/C15H28N4/c1-3-9-19(15(13-16)7-4-5-8-15)10-6-14-11-17-18(2)12-14/h11-12H,3-10,13,16H2,1-2H3. The predicted octanol–water partition coefficient (Wildman–Crippen LogP) is 1.95. The van der Waals surface area contributed by atoms with Crippen molar-refractivity contribution in [1.29, 1.82) is 0 Å². The molecule has 2 rings (SSSR count). The van der Waals surface area contributed by atoms with E-state index in [0.717, 1.165) is 26.1 Å². The second-order valence-corrected chi connectivity index (χ2v) is 5.89. The van der Waals surface area contributed by atoms with Gasteiger partial charge in [0, 0.05) is 31.9 Å². The number of aromatic nitrogens is 2. The molecule has 1 aliphatic carbocycles. The first kappa shape index (κ1) is 14.5. The van der Waals surface area contributed by atoms with E-state index in [4.69, 9.17) is 5.73 Å². The van der Waals surface area contributed by atoms with Gasteiger partial charge in [-0.15, -0.1) is 0 Å². The van der Waals surface area contributed by atoms with Crippen LogP contribution < -0.4 is 5.73 Å². The molecule has 108 valence electrons. The van der Waals surface area contributed by atoms with Gasteiger partial charge in [0.25, 0.3) is 0 Å². The number of rotatable bonds is 7. The second kappa shape index (κ2) is 6.53. The van der Waals surface area contributed by atoms with Crippen LogP contribution in [-0.4, -0.2) is 39.9 Å². The van der Waals surface area contributed by atoms with Crippen molar-refractivity contribution in [2.75, 3.05) is 19.6 Å². The average Bonchev–Trinajstić information content (AvgIpc) is 3.04. The molecule has 0 bridgehead atoms. The summed E-state index contributed by atoms with van der Waals surface area (Å²) in [5.41, 5.74) is 7.72. The van der Waals surface area contributed by atoms with E-state index >= 15 is 0 Å². The van der Waals surface area contributed by atoms with E-state index < -0.39 is 0 Å². The Morgan fingerprint density at radius 2 is 2.11 bits per heavy atom. The monoisotopic (exact) mass is 264 g/mol. The van der Waals surface area contributed by atoms with Gasteiger partial charge in [-0.3, -0.25) is 9.58 Å². The van der Waals surface area contributed by atoms with Crippen LogP contribution in [0.15, 0.2) is 12.4 Å². The van der Waals surface area contributed by atoms with Gasteiger partial charge in [0.05, 0.1) is 6.20 Å². The Kier molecular flexibility index (Phi) is 4.99. The minimum Gasteiger partial charge on any atom is -0.329 e. The summed E-state index contributed by atoms with van der Waals surface area (Å²) in [6, 6.07) is 0. The topological polar surface area (TPSA) is 47.1 Å². The molecule has 1 aliphatic rings. The normalized spacial score (nSPS) is 18.3. The van der Waals surface area contributed by atoms with Crippen molar-refractivity contribution in [3.63, 3.8) is 0 Å². The van der Waals surface area contributed by atoms with E-state index in [9.17, 15) is 0 Å². The average molecular weight is 264 g/mol. The van der Waals surface area contributed by atoms with Crippen LogP contribution in [0.4, 0.5) is 0 Å². The maximum absolute atomic E-state index is 6.11. The van der Waals surface area contributed by atoms with E-state index in [2.05, 4.69) is 23.1 Å². The van der Waals surface area contributed by atoms with E-state index in [0.29, 0.717) is 0 Å². The first-order valence-corrected chi connectivity index (χ1v) is 7.63. The Bertz CT molecular complexity index is 379. The van der Waals surface area contributed by atoms with E-state index in [-0.39, 0.29) is 5.54 Å². The smallest absolute Gasteiger partial charge is 0.0522 e. The molecule has 0 spiro atoms. The minimum atomic E-state index is 0.276. The molecule has 1 fully saturated rings. The number of hydrogen-bond acceptors (Lipinski definition) is 3. The molecule has 1 aromatic rings. The fourth-order valence-electron chi connectivity index (χ4n) is 3.40. The van der Waals surface area contributed by atoms with Crippen LogP contribution in [0, 0.1) is 0 Å². The second-order valence-electron chi connectivity index (χ2n) is 5.89. The van der Waals surface area contributed by atoms with Gasteiger partial charge in [-0.25, -0.2) is 0 Å². The Labute approximate surface area is 117 Å². The summed E-state index contributed by atoms with van der Waals surface area (Å²) < 4.78 is 1.88. The summed E-state index contributed by atoms with van der Waals surface area (Å²) >= 11 is 0. The molecule has 0 unspecified atom stereocenters. The first-order valence-electron chi connectivity index (χ1n) is 7.63. The third-order valence-electron chi connectivity index (χ3n) is 4.51. The highest BCUT2D eigenvalue weighted by molar-refractivity contribution is 5.05. The highest BCUT2D eigenvalue weighted by Crippen LogP contribution is 2.34. The molecule has 1 saturated carbocycles. The lowest BCUT2D eigenvalue weighted by Crippen LogP contribution is -2.53. The minimum absolute atomic E-state index is 0.276. The zero-order valence-corrected chi connectivity index (χ0v) is 12.4. The van der Waals surface area contributed by atoms with Gasteiger partial charge in [0.15, 0.2) is 0 Å². The summed E-state index contributed by atoms with van der Waals surface area (Å²) in [7, 11) is 1.98. The van der Waals surface area contributed by atoms with Crippen LogP contribution in [0.3, 0.4) is 0 Å². The van der Waals surface area contributed by atoms with Crippen molar-refractivity contribution in [2.24, 2.45) is 12.8 Å². The summed E-state index contributed by atoms with van der Waals surface area (Å²) in [5.74, 6) is 0. The van der Waals surface area contributed by atoms with Crippen LogP contribution in [0.1, 0.15) is 44.6 Å². The molecule has 0 aliphatic heterocycles. The number of aryl methyl sites for hydroxylation is 1. The fourth-order valence-corrected chi connectivity index (χ4v) is 3.40. The number of hydrogen-bond donors (Lipinski definition) is 1. The van der Waals surface area contributed by atoms with Crippen LogP contribution in [0.25, 0.3) is 0 Å². The Hall–Kier alpha value is -0.870. The lowest BCUT2D eigenvalue weighted by atomic mass is 9.94. The SMILES string of the molecule is CCCN(CCc1cnn(C)c1)C1(CN)CCCC1. The van der Waals surface area contributed by atoms with Crippen LogP contribution >= 0.6 is 0 Å². The van der Waals surface area contributed by atoms with Gasteiger partial charge in [-0.1, -0.05) is 19.8 Å². The van der Waals surface area contributed by atoms with Gasteiger partial charge < -0.3 is 5.73 Å². The summed E-state index contributed by atoms with van der Waals surface area (Å²) in [6.07, 6.45) is 11.6. The molecule has 2 N–H and O–H groups in total. The van der Waals surface area contributed by atoms with E-state index in [1.54, 1.807) is 0 Å². The zero-order chi connectivity index (χ0) is 13.7. The molecule has 0 amide bonds. The molecular weight excluding hydrogens is 236 g/mol. The Morgan fingerprint density at radius 1 is 1.37 bits per heavy atom. The van der Waals surface area contributed by atoms with E-state index in [1.807, 2.05) is 17.9 Å². The quantitative estimate of drug-likeness (QED) is 0.819. The van der Waals surface area contributed by atoms with Crippen molar-refractivity contribution in [3.8, 4) is 0 Å². The third kappa shape index (κ3) is 3.37. The highest BCUT2D eigenvalue weighted by atomic mass is 15.2. The van der Waals surface area contributed by atoms with Gasteiger partial charge in [-0.2, -0.15) is 5.10 Å². The van der Waals surface area contributed by atoms with Crippen molar-refractivity contribution >= 4 is 0 Å². The van der Waals surface area contributed by atoms with Crippen LogP contribution in [0.2, 0.25) is 0 Å². The van der Waals surface area contributed by atoms with Gasteiger partial charge in [0.1, 0.15) is 0 Å². The molecule has 19 heavy (non-hydrogen) atoms. The van der Waals surface area contributed by atoms with Gasteiger partial charge >= 0.3 is 0 Å². The molecule has 0 radical (unpaired) electrons. The molecule has 4 heteroatoms. The van der Waals surface area contributed by atoms with Crippen LogP contribution in [-0.2, 0) is 13.5 Å². The molecule has 0 aromatic carbocycles. The summed E-state index contributed by atoms with van der Waals surface area (Å²) in [5, 5.41) is 4.25. The Morgan fingerprint density at radius 3 is 2.63 bits per heavy atom. The van der Waals surface area contributed by atoms with Gasteiger partial charge in [-0.05, 0) is 37.8 Å².